The third-order valence-electron chi connectivity index (χ3n) is 1.31. The van der Waals surface area contributed by atoms with Gasteiger partial charge in [0.1, 0.15) is 0 Å². The molecule has 7 heteroatoms. The maximum atomic E-state index is 10.2. The predicted octanol–water partition coefficient (Wildman–Crippen LogP) is -1.66. The molecule has 6 nitrogen and oxygen atoms in total. The third-order valence-corrected chi connectivity index (χ3v) is 1.31. The molecule has 0 spiro atoms. The number of rotatable bonds is 1. The minimum absolute atomic E-state index is 0. The first-order valence-electron chi connectivity index (χ1n) is 2.98. The number of aromatic hydroxyl groups is 3. The summed E-state index contributed by atoms with van der Waals surface area (Å²) in [6.45, 7) is 0. The topological polar surface area (TPSA) is 131 Å². The molecule has 0 unspecified atom stereocenters. The van der Waals surface area contributed by atoms with Crippen LogP contribution in [0.2, 0.25) is 0 Å². The van der Waals surface area contributed by atoms with E-state index in [4.69, 9.17) is 15.3 Å². The van der Waals surface area contributed by atoms with Gasteiger partial charge in [0, 0.05) is 5.56 Å². The van der Waals surface area contributed by atoms with E-state index in [2.05, 4.69) is 0 Å². The number of benzene rings is 1. The number of carboxylic acids is 1. The number of carbonyl (C=O) groups excluding carboxylic acids is 1. The number of phenolic OH excluding ortho intramolecular Hbond substituents is 3. The summed E-state index contributed by atoms with van der Waals surface area (Å²) in [5.41, 5.74) is -0.400. The van der Waals surface area contributed by atoms with Gasteiger partial charge in [-0.25, -0.2) is 0 Å². The second-order valence-electron chi connectivity index (χ2n) is 2.15. The molecular formula is C7H7BiO6. The summed E-state index contributed by atoms with van der Waals surface area (Å²) >= 11 is 0. The number of aromatic carboxylic acids is 1. The van der Waals surface area contributed by atoms with Gasteiger partial charge in [0.2, 0.25) is 0 Å². The maximum Gasteiger partial charge on any atom is -0.870 e. The molecule has 0 atom stereocenters. The Morgan fingerprint density at radius 1 is 1.14 bits per heavy atom. The zero-order valence-electron chi connectivity index (χ0n) is 6.76. The van der Waals surface area contributed by atoms with E-state index in [9.17, 15) is 9.90 Å². The van der Waals surface area contributed by atoms with Crippen LogP contribution in [0.4, 0.5) is 0 Å². The summed E-state index contributed by atoms with van der Waals surface area (Å²) in [6.07, 6.45) is 0. The van der Waals surface area contributed by atoms with Gasteiger partial charge in [-0.05, 0) is 12.1 Å². The van der Waals surface area contributed by atoms with Crippen LogP contribution in [0.25, 0.3) is 0 Å². The van der Waals surface area contributed by atoms with Crippen LogP contribution < -0.4 is 5.11 Å². The average Bonchev–Trinajstić information content (AvgIpc) is 1.99. The van der Waals surface area contributed by atoms with Crippen molar-refractivity contribution in [3.63, 3.8) is 0 Å². The van der Waals surface area contributed by atoms with Crippen molar-refractivity contribution in [3.05, 3.63) is 17.7 Å². The Morgan fingerprint density at radius 2 is 1.50 bits per heavy atom. The summed E-state index contributed by atoms with van der Waals surface area (Å²) in [4.78, 5) is 10.2. The standard InChI is InChI=1S/C7H6O5.Bi.H2O.H/c8-4-1-3(7(11)12)2-5(9)6(4)10;;;/h1-2,8-10H,(H,11,12);;1H2;/q;+2;;/p-2. The SMILES string of the molecule is O=C([O-])c1cc(O)c(O)c(O)c1.[BiH+2].[OH-]. The Balaban J connectivity index is 0. The fourth-order valence-electron chi connectivity index (χ4n) is 0.722. The van der Waals surface area contributed by atoms with Gasteiger partial charge in [0.05, 0.1) is 5.97 Å². The van der Waals surface area contributed by atoms with Crippen molar-refractivity contribution in [1.29, 1.82) is 0 Å². The van der Waals surface area contributed by atoms with E-state index in [0.717, 1.165) is 12.1 Å². The van der Waals surface area contributed by atoms with E-state index in [1.54, 1.807) is 0 Å². The van der Waals surface area contributed by atoms with Gasteiger partial charge in [-0.3, -0.25) is 0 Å². The van der Waals surface area contributed by atoms with Crippen molar-refractivity contribution < 1.29 is 30.7 Å². The first-order chi connectivity index (χ1) is 5.52. The van der Waals surface area contributed by atoms with Gasteiger partial charge in [-0.1, -0.05) is 0 Å². The molecule has 4 N–H and O–H groups in total. The number of carboxylic acid groups (broad SMARTS) is 1. The fraction of sp³-hybridized carbons (Fsp3) is 0. The van der Waals surface area contributed by atoms with E-state index in [1.807, 2.05) is 0 Å². The molecule has 0 aromatic heterocycles. The van der Waals surface area contributed by atoms with E-state index in [0.29, 0.717) is 0 Å². The van der Waals surface area contributed by atoms with Gasteiger partial charge in [-0.15, -0.1) is 0 Å². The Hall–Kier alpha value is -1.07. The first kappa shape index (κ1) is 15.4. The van der Waals surface area contributed by atoms with Gasteiger partial charge < -0.3 is 30.7 Å². The predicted molar refractivity (Wildman–Crippen MR) is 44.9 cm³/mol. The van der Waals surface area contributed by atoms with Crippen LogP contribution >= 0.6 is 0 Å². The molecule has 14 heavy (non-hydrogen) atoms. The van der Waals surface area contributed by atoms with Crippen LogP contribution in [-0.2, 0) is 0 Å². The van der Waals surface area contributed by atoms with E-state index in [1.165, 1.54) is 0 Å². The van der Waals surface area contributed by atoms with Crippen LogP contribution in [0, 0.1) is 0 Å². The summed E-state index contributed by atoms with van der Waals surface area (Å²) in [5.74, 6) is -3.69. The molecule has 0 heterocycles. The van der Waals surface area contributed by atoms with Crippen LogP contribution in [0.5, 0.6) is 17.2 Å². The zero-order valence-corrected chi connectivity index (χ0v) is 10.6. The van der Waals surface area contributed by atoms with Crippen molar-refractivity contribution in [2.24, 2.45) is 0 Å². The molecule has 0 aliphatic heterocycles. The molecule has 1 aromatic rings. The minimum atomic E-state index is -1.54. The van der Waals surface area contributed by atoms with E-state index < -0.39 is 28.8 Å². The van der Waals surface area contributed by atoms with Gasteiger partial charge in [-0.2, -0.15) is 0 Å². The van der Waals surface area contributed by atoms with Crippen molar-refractivity contribution in [2.75, 3.05) is 0 Å². The molecule has 0 fully saturated rings. The van der Waals surface area contributed by atoms with Crippen LogP contribution in [-0.4, -0.2) is 53.0 Å². The summed E-state index contributed by atoms with van der Waals surface area (Å²) in [6, 6.07) is 1.56. The summed E-state index contributed by atoms with van der Waals surface area (Å²) < 4.78 is 0. The Morgan fingerprint density at radius 3 is 1.79 bits per heavy atom. The Labute approximate surface area is 97.9 Å². The van der Waals surface area contributed by atoms with Crippen LogP contribution in [0.1, 0.15) is 10.4 Å². The number of phenols is 3. The first-order valence-corrected chi connectivity index (χ1v) is 2.98. The molecule has 0 saturated carbocycles. The smallest absolute Gasteiger partial charge is 0.870 e. The summed E-state index contributed by atoms with van der Waals surface area (Å²) in [7, 11) is 0. The second kappa shape index (κ2) is 5.62. The van der Waals surface area contributed by atoms with Gasteiger partial charge in [0.25, 0.3) is 0 Å². The van der Waals surface area contributed by atoms with E-state index >= 15 is 0 Å². The molecule has 0 bridgehead atoms. The molecule has 1 rings (SSSR count). The Kier molecular flexibility index (Phi) is 6.18. The molecular weight excluding hydrogens is 389 g/mol. The fourth-order valence-corrected chi connectivity index (χ4v) is 0.722. The monoisotopic (exact) mass is 396 g/mol. The molecule has 76 valence electrons. The van der Waals surface area contributed by atoms with Gasteiger partial charge in [0.15, 0.2) is 17.2 Å². The minimum Gasteiger partial charge on any atom is -0.870 e. The Bertz CT molecular complexity index is 314. The van der Waals surface area contributed by atoms with Crippen molar-refractivity contribution in [1.82, 2.24) is 0 Å². The largest absolute Gasteiger partial charge is 0.870 e. The van der Waals surface area contributed by atoms with Crippen molar-refractivity contribution >= 4 is 32.2 Å². The molecule has 0 amide bonds. The van der Waals surface area contributed by atoms with Gasteiger partial charge >= 0.3 is 26.2 Å². The average molecular weight is 396 g/mol. The van der Waals surface area contributed by atoms with Crippen molar-refractivity contribution in [2.45, 2.75) is 0 Å². The summed E-state index contributed by atoms with van der Waals surface area (Å²) in [5, 5.41) is 36.7. The number of hydrogen-bond acceptors (Lipinski definition) is 6. The normalized spacial score (nSPS) is 8.29. The molecule has 1 aromatic carbocycles. The molecule has 2 radical (unpaired) electrons. The van der Waals surface area contributed by atoms with E-state index in [-0.39, 0.29) is 31.7 Å². The molecule has 0 aliphatic rings. The quantitative estimate of drug-likeness (QED) is 0.385. The third kappa shape index (κ3) is 3.01. The van der Waals surface area contributed by atoms with Crippen molar-refractivity contribution in [3.8, 4) is 17.2 Å². The van der Waals surface area contributed by atoms with Crippen LogP contribution in [0.3, 0.4) is 0 Å². The number of carbonyl (C=O) groups is 1. The molecule has 0 saturated heterocycles. The van der Waals surface area contributed by atoms with Crippen LogP contribution in [0.15, 0.2) is 12.1 Å². The molecule has 0 aliphatic carbocycles. The second-order valence-corrected chi connectivity index (χ2v) is 2.15. The number of hydrogen-bond donors (Lipinski definition) is 3. The maximum absolute atomic E-state index is 10.2. The zero-order chi connectivity index (χ0) is 9.30.